The third kappa shape index (κ3) is 4.76. The van der Waals surface area contributed by atoms with Crippen LogP contribution in [0.5, 0.6) is 11.6 Å². The van der Waals surface area contributed by atoms with Crippen LogP contribution in [0.4, 0.5) is 0 Å². The number of nitrogens with one attached hydrogen (secondary N) is 1. The summed E-state index contributed by atoms with van der Waals surface area (Å²) in [4.78, 5) is 4.19. The first kappa shape index (κ1) is 15.3. The van der Waals surface area contributed by atoms with Crippen molar-refractivity contribution in [1.29, 1.82) is 0 Å². The van der Waals surface area contributed by atoms with Crippen molar-refractivity contribution in [2.75, 3.05) is 13.7 Å². The summed E-state index contributed by atoms with van der Waals surface area (Å²) in [6.07, 6.45) is 2.75. The van der Waals surface area contributed by atoms with Gasteiger partial charge >= 0.3 is 0 Å². The molecule has 1 aromatic carbocycles. The lowest BCUT2D eigenvalue weighted by Crippen LogP contribution is -2.13. The zero-order valence-corrected chi connectivity index (χ0v) is 12.6. The normalized spacial score (nSPS) is 10.4. The van der Waals surface area contributed by atoms with Crippen LogP contribution in [0, 0.1) is 0 Å². The van der Waals surface area contributed by atoms with E-state index in [0.717, 1.165) is 37.4 Å². The van der Waals surface area contributed by atoms with E-state index in [1.54, 1.807) is 13.3 Å². The predicted molar refractivity (Wildman–Crippen MR) is 83.6 cm³/mol. The van der Waals surface area contributed by atoms with E-state index in [9.17, 15) is 0 Å². The molecule has 0 atom stereocenters. The zero-order valence-electron chi connectivity index (χ0n) is 12.6. The van der Waals surface area contributed by atoms with E-state index in [1.165, 1.54) is 5.56 Å². The summed E-state index contributed by atoms with van der Waals surface area (Å²) in [7, 11) is 1.64. The highest BCUT2D eigenvalue weighted by molar-refractivity contribution is 5.29. The molecule has 0 aliphatic carbocycles. The molecular weight excluding hydrogens is 264 g/mol. The Morgan fingerprint density at radius 3 is 2.86 bits per heavy atom. The Morgan fingerprint density at radius 2 is 2.05 bits per heavy atom. The van der Waals surface area contributed by atoms with Gasteiger partial charge in [-0.25, -0.2) is 4.98 Å². The number of aromatic nitrogens is 1. The Bertz CT molecular complexity index is 558. The van der Waals surface area contributed by atoms with Gasteiger partial charge in [-0.15, -0.1) is 0 Å². The summed E-state index contributed by atoms with van der Waals surface area (Å²) in [6.45, 7) is 4.36. The molecule has 0 saturated carbocycles. The topological polar surface area (TPSA) is 43.4 Å². The number of hydrogen-bond donors (Lipinski definition) is 1. The highest BCUT2D eigenvalue weighted by Crippen LogP contribution is 2.15. The number of ether oxygens (including phenoxy) is 2. The van der Waals surface area contributed by atoms with Gasteiger partial charge in [-0.05, 0) is 30.2 Å². The van der Waals surface area contributed by atoms with Crippen LogP contribution in [-0.2, 0) is 13.1 Å². The number of nitrogens with zero attached hydrogens (tertiary/aromatic N) is 1. The molecule has 2 rings (SSSR count). The first-order valence-corrected chi connectivity index (χ1v) is 7.24. The SMILES string of the molecule is CCCOc1cccc(CNCc2cccnc2OC)c1. The second-order valence-electron chi connectivity index (χ2n) is 4.77. The van der Waals surface area contributed by atoms with Gasteiger partial charge in [0.05, 0.1) is 13.7 Å². The Morgan fingerprint density at radius 1 is 1.14 bits per heavy atom. The smallest absolute Gasteiger partial charge is 0.217 e. The van der Waals surface area contributed by atoms with Gasteiger partial charge in [0, 0.05) is 24.8 Å². The Hall–Kier alpha value is -2.07. The molecule has 112 valence electrons. The lowest BCUT2D eigenvalue weighted by Gasteiger charge is -2.10. The van der Waals surface area contributed by atoms with Crippen LogP contribution in [0.1, 0.15) is 24.5 Å². The summed E-state index contributed by atoms with van der Waals surface area (Å²) >= 11 is 0. The molecule has 0 unspecified atom stereocenters. The van der Waals surface area contributed by atoms with Crippen LogP contribution >= 0.6 is 0 Å². The van der Waals surface area contributed by atoms with E-state index >= 15 is 0 Å². The second kappa shape index (κ2) is 8.27. The number of hydrogen-bond acceptors (Lipinski definition) is 4. The number of methoxy groups -OCH3 is 1. The van der Waals surface area contributed by atoms with Crippen LogP contribution in [-0.4, -0.2) is 18.7 Å². The maximum absolute atomic E-state index is 5.64. The fourth-order valence-electron chi connectivity index (χ4n) is 2.05. The highest BCUT2D eigenvalue weighted by Gasteiger charge is 2.03. The van der Waals surface area contributed by atoms with Crippen molar-refractivity contribution < 1.29 is 9.47 Å². The largest absolute Gasteiger partial charge is 0.494 e. The summed E-state index contributed by atoms with van der Waals surface area (Å²) in [5.74, 6) is 1.60. The van der Waals surface area contributed by atoms with Crippen LogP contribution in [0.2, 0.25) is 0 Å². The van der Waals surface area contributed by atoms with Crippen molar-refractivity contribution in [3.63, 3.8) is 0 Å². The molecule has 4 heteroatoms. The predicted octanol–water partition coefficient (Wildman–Crippen LogP) is 3.17. The fraction of sp³-hybridized carbons (Fsp3) is 0.353. The number of benzene rings is 1. The molecule has 4 nitrogen and oxygen atoms in total. The third-order valence-corrected chi connectivity index (χ3v) is 3.06. The second-order valence-corrected chi connectivity index (χ2v) is 4.77. The van der Waals surface area contributed by atoms with Gasteiger partial charge in [-0.2, -0.15) is 0 Å². The zero-order chi connectivity index (χ0) is 14.9. The quantitative estimate of drug-likeness (QED) is 0.809. The van der Waals surface area contributed by atoms with Crippen molar-refractivity contribution in [1.82, 2.24) is 10.3 Å². The minimum Gasteiger partial charge on any atom is -0.494 e. The van der Waals surface area contributed by atoms with E-state index in [4.69, 9.17) is 9.47 Å². The monoisotopic (exact) mass is 286 g/mol. The maximum Gasteiger partial charge on any atom is 0.217 e. The fourth-order valence-corrected chi connectivity index (χ4v) is 2.05. The molecule has 0 spiro atoms. The minimum absolute atomic E-state index is 0.671. The first-order chi connectivity index (χ1) is 10.3. The van der Waals surface area contributed by atoms with Gasteiger partial charge in [-0.3, -0.25) is 0 Å². The molecule has 0 amide bonds. The van der Waals surface area contributed by atoms with Gasteiger partial charge in [-0.1, -0.05) is 25.1 Å². The van der Waals surface area contributed by atoms with E-state index < -0.39 is 0 Å². The van der Waals surface area contributed by atoms with Crippen molar-refractivity contribution in [2.24, 2.45) is 0 Å². The molecule has 1 heterocycles. The van der Waals surface area contributed by atoms with Crippen LogP contribution in [0.3, 0.4) is 0 Å². The average Bonchev–Trinajstić information content (AvgIpc) is 2.54. The summed E-state index contributed by atoms with van der Waals surface area (Å²) < 4.78 is 10.9. The molecule has 2 aromatic rings. The van der Waals surface area contributed by atoms with Gasteiger partial charge in [0.25, 0.3) is 0 Å². The van der Waals surface area contributed by atoms with Gasteiger partial charge in [0.15, 0.2) is 0 Å². The van der Waals surface area contributed by atoms with Gasteiger partial charge in [0.2, 0.25) is 5.88 Å². The Kier molecular flexibility index (Phi) is 6.03. The molecule has 0 radical (unpaired) electrons. The van der Waals surface area contributed by atoms with Crippen molar-refractivity contribution in [3.05, 3.63) is 53.7 Å². The van der Waals surface area contributed by atoms with E-state index in [2.05, 4.69) is 29.4 Å². The molecule has 0 saturated heterocycles. The van der Waals surface area contributed by atoms with Crippen LogP contribution in [0.15, 0.2) is 42.6 Å². The van der Waals surface area contributed by atoms with Crippen molar-refractivity contribution in [2.45, 2.75) is 26.4 Å². The van der Waals surface area contributed by atoms with Gasteiger partial charge < -0.3 is 14.8 Å². The molecule has 0 aliphatic heterocycles. The molecule has 0 aliphatic rings. The van der Waals surface area contributed by atoms with E-state index in [-0.39, 0.29) is 0 Å². The molecule has 21 heavy (non-hydrogen) atoms. The first-order valence-electron chi connectivity index (χ1n) is 7.24. The molecule has 1 N–H and O–H groups in total. The summed E-state index contributed by atoms with van der Waals surface area (Å²) in [6, 6.07) is 12.1. The lowest BCUT2D eigenvalue weighted by molar-refractivity contribution is 0.317. The Labute approximate surface area is 126 Å². The molecule has 0 fully saturated rings. The minimum atomic E-state index is 0.671. The average molecular weight is 286 g/mol. The molecular formula is C17H22N2O2. The number of rotatable bonds is 8. The van der Waals surface area contributed by atoms with Crippen LogP contribution in [0.25, 0.3) is 0 Å². The third-order valence-electron chi connectivity index (χ3n) is 3.06. The van der Waals surface area contributed by atoms with Crippen molar-refractivity contribution >= 4 is 0 Å². The lowest BCUT2D eigenvalue weighted by atomic mass is 10.2. The summed E-state index contributed by atoms with van der Waals surface area (Å²) in [5.41, 5.74) is 2.25. The maximum atomic E-state index is 5.64. The number of pyridine rings is 1. The molecule has 1 aromatic heterocycles. The van der Waals surface area contributed by atoms with E-state index in [0.29, 0.717) is 5.88 Å². The van der Waals surface area contributed by atoms with Gasteiger partial charge in [0.1, 0.15) is 5.75 Å². The van der Waals surface area contributed by atoms with E-state index in [1.807, 2.05) is 24.3 Å². The standard InChI is InChI=1S/C17H22N2O2/c1-3-10-21-16-8-4-6-14(11-16)12-18-13-15-7-5-9-19-17(15)20-2/h4-9,11,18H,3,10,12-13H2,1-2H3. The highest BCUT2D eigenvalue weighted by atomic mass is 16.5. The Balaban J connectivity index is 1.88. The van der Waals surface area contributed by atoms with Crippen molar-refractivity contribution in [3.8, 4) is 11.6 Å². The van der Waals surface area contributed by atoms with Crippen LogP contribution < -0.4 is 14.8 Å². The summed E-state index contributed by atoms with van der Waals surface area (Å²) in [5, 5.41) is 3.40. The molecule has 0 bridgehead atoms.